The number of amides is 1. The monoisotopic (exact) mass is 206 g/mol. The highest BCUT2D eigenvalue weighted by molar-refractivity contribution is 6.15. The predicted molar refractivity (Wildman–Crippen MR) is 57.6 cm³/mol. The Bertz CT molecular complexity index is 169. The Labute approximate surface area is 85.1 Å². The lowest BCUT2D eigenvalue weighted by Crippen LogP contribution is -2.30. The lowest BCUT2D eigenvalue weighted by molar-refractivity contribution is -0.114. The number of rotatable bonds is 4. The number of hydrogen-bond donors (Lipinski definition) is 2. The van der Waals surface area contributed by atoms with Gasteiger partial charge in [0.15, 0.2) is 0 Å². The Kier molecular flexibility index (Phi) is 11.0. The second-order valence-corrected chi connectivity index (χ2v) is 2.45. The Balaban J connectivity index is 0. The third kappa shape index (κ3) is 6.61. The summed E-state index contributed by atoms with van der Waals surface area (Å²) in [6.07, 6.45) is 4.80. The number of primary amides is 1. The Morgan fingerprint density at radius 3 is 2.15 bits per heavy atom. The van der Waals surface area contributed by atoms with E-state index in [0.717, 1.165) is 12.8 Å². The third-order valence-electron chi connectivity index (χ3n) is 1.55. The topological polar surface area (TPSA) is 69.1 Å². The van der Waals surface area contributed by atoms with E-state index in [1.165, 1.54) is 6.38 Å². The molecule has 0 aromatic carbocycles. The van der Waals surface area contributed by atoms with Crippen molar-refractivity contribution in [2.45, 2.75) is 32.7 Å². The van der Waals surface area contributed by atoms with Gasteiger partial charge in [-0.3, -0.25) is 4.79 Å². The predicted octanol–water partition coefficient (Wildman–Crippen LogP) is 1.40. The minimum atomic E-state index is -0.402. The number of allylic oxidation sites excluding steroid dienone is 1. The van der Waals surface area contributed by atoms with Gasteiger partial charge in [-0.1, -0.05) is 19.9 Å². The van der Waals surface area contributed by atoms with Crippen molar-refractivity contribution >= 4 is 17.5 Å². The molecule has 0 aromatic rings. The van der Waals surface area contributed by atoms with Crippen LogP contribution in [0.4, 0.5) is 0 Å². The number of halogens is 1. The molecule has 0 saturated carbocycles. The maximum atomic E-state index is 10.8. The van der Waals surface area contributed by atoms with Crippen LogP contribution in [0.3, 0.4) is 0 Å². The average molecular weight is 207 g/mol. The van der Waals surface area contributed by atoms with Crippen molar-refractivity contribution < 1.29 is 4.79 Å². The lowest BCUT2D eigenvalue weighted by Gasteiger charge is -2.09. The molecule has 0 aromatic heterocycles. The standard InChI is InChI=1S/C8H16N2O.CH3Cl/c1-3-5-6(8(10)11)7(9)4-2;1-2/h5,7H,3-4,9H2,1-2H3,(H2,10,11);1H3. The molecule has 3 nitrogen and oxygen atoms in total. The summed E-state index contributed by atoms with van der Waals surface area (Å²) in [5.74, 6) is -0.402. The first-order valence-electron chi connectivity index (χ1n) is 4.26. The molecule has 0 aliphatic carbocycles. The zero-order valence-corrected chi connectivity index (χ0v) is 9.27. The van der Waals surface area contributed by atoms with Crippen molar-refractivity contribution in [3.05, 3.63) is 11.6 Å². The molecule has 4 heteroatoms. The molecule has 0 bridgehead atoms. The summed E-state index contributed by atoms with van der Waals surface area (Å²) >= 11 is 4.64. The number of alkyl halides is 1. The second kappa shape index (κ2) is 9.55. The molecule has 0 fully saturated rings. The van der Waals surface area contributed by atoms with Crippen LogP contribution in [0.25, 0.3) is 0 Å². The van der Waals surface area contributed by atoms with Crippen LogP contribution in [-0.4, -0.2) is 18.3 Å². The minimum absolute atomic E-state index is 0.201. The van der Waals surface area contributed by atoms with E-state index in [1.807, 2.05) is 13.8 Å². The molecule has 0 radical (unpaired) electrons. The molecule has 0 aliphatic heterocycles. The van der Waals surface area contributed by atoms with Crippen molar-refractivity contribution in [1.29, 1.82) is 0 Å². The van der Waals surface area contributed by atoms with Crippen LogP contribution >= 0.6 is 11.6 Å². The van der Waals surface area contributed by atoms with Gasteiger partial charge in [-0.2, -0.15) is 0 Å². The smallest absolute Gasteiger partial charge is 0.245 e. The van der Waals surface area contributed by atoms with Gasteiger partial charge in [0, 0.05) is 18.0 Å². The van der Waals surface area contributed by atoms with Crippen LogP contribution in [0.2, 0.25) is 0 Å². The quantitative estimate of drug-likeness (QED) is 0.539. The molecule has 1 atom stereocenters. The molecular formula is C9H19ClN2O. The van der Waals surface area contributed by atoms with E-state index in [-0.39, 0.29) is 6.04 Å². The molecule has 4 N–H and O–H groups in total. The molecule has 78 valence electrons. The summed E-state index contributed by atoms with van der Waals surface area (Å²) in [4.78, 5) is 10.8. The minimum Gasteiger partial charge on any atom is -0.366 e. The van der Waals surface area contributed by atoms with Gasteiger partial charge in [0.1, 0.15) is 0 Å². The molecule has 0 saturated heterocycles. The van der Waals surface area contributed by atoms with E-state index in [1.54, 1.807) is 6.08 Å². The van der Waals surface area contributed by atoms with Crippen LogP contribution in [-0.2, 0) is 4.79 Å². The second-order valence-electron chi connectivity index (χ2n) is 2.45. The summed E-state index contributed by atoms with van der Waals surface area (Å²) in [7, 11) is 0. The molecular weight excluding hydrogens is 188 g/mol. The molecule has 0 spiro atoms. The van der Waals surface area contributed by atoms with E-state index in [9.17, 15) is 4.79 Å². The zero-order valence-electron chi connectivity index (χ0n) is 8.51. The van der Waals surface area contributed by atoms with Crippen molar-refractivity contribution in [2.75, 3.05) is 6.38 Å². The number of hydrogen-bond acceptors (Lipinski definition) is 2. The van der Waals surface area contributed by atoms with Crippen LogP contribution in [0, 0.1) is 0 Å². The first-order chi connectivity index (χ1) is 6.13. The summed E-state index contributed by atoms with van der Waals surface area (Å²) in [5, 5.41) is 0. The SMILES string of the molecule is CCC=C(C(N)=O)C(N)CC.CCl. The molecule has 1 unspecified atom stereocenters. The van der Waals surface area contributed by atoms with Crippen molar-refractivity contribution in [3.63, 3.8) is 0 Å². The molecule has 0 aliphatic rings. The van der Waals surface area contributed by atoms with E-state index in [4.69, 9.17) is 11.5 Å². The van der Waals surface area contributed by atoms with E-state index in [0.29, 0.717) is 5.57 Å². The number of carbonyl (C=O) groups excluding carboxylic acids is 1. The average Bonchev–Trinajstić information content (AvgIpc) is 2.15. The molecule has 0 heterocycles. The van der Waals surface area contributed by atoms with E-state index >= 15 is 0 Å². The fourth-order valence-corrected chi connectivity index (χ4v) is 0.875. The summed E-state index contributed by atoms with van der Waals surface area (Å²) in [5.41, 5.74) is 11.3. The summed E-state index contributed by atoms with van der Waals surface area (Å²) < 4.78 is 0. The Morgan fingerprint density at radius 1 is 1.46 bits per heavy atom. The van der Waals surface area contributed by atoms with E-state index < -0.39 is 5.91 Å². The maximum absolute atomic E-state index is 10.8. The summed E-state index contributed by atoms with van der Waals surface area (Å²) in [6, 6.07) is -0.201. The lowest BCUT2D eigenvalue weighted by atomic mass is 10.0. The highest BCUT2D eigenvalue weighted by atomic mass is 35.5. The zero-order chi connectivity index (χ0) is 10.9. The third-order valence-corrected chi connectivity index (χ3v) is 1.55. The number of carbonyl (C=O) groups is 1. The number of nitrogens with two attached hydrogens (primary N) is 2. The van der Waals surface area contributed by atoms with Gasteiger partial charge in [-0.15, -0.1) is 11.6 Å². The van der Waals surface area contributed by atoms with Crippen molar-refractivity contribution in [3.8, 4) is 0 Å². The Hall–Kier alpha value is -0.540. The molecule has 0 rings (SSSR count). The fourth-order valence-electron chi connectivity index (χ4n) is 0.875. The molecule has 13 heavy (non-hydrogen) atoms. The first-order valence-corrected chi connectivity index (χ1v) is 5.02. The van der Waals surface area contributed by atoms with Crippen LogP contribution in [0.1, 0.15) is 26.7 Å². The van der Waals surface area contributed by atoms with Crippen LogP contribution in [0.15, 0.2) is 11.6 Å². The van der Waals surface area contributed by atoms with Gasteiger partial charge in [0.2, 0.25) is 5.91 Å². The van der Waals surface area contributed by atoms with Gasteiger partial charge in [-0.25, -0.2) is 0 Å². The van der Waals surface area contributed by atoms with Crippen molar-refractivity contribution in [2.24, 2.45) is 11.5 Å². The van der Waals surface area contributed by atoms with Gasteiger partial charge in [0.05, 0.1) is 0 Å². The van der Waals surface area contributed by atoms with Gasteiger partial charge in [-0.05, 0) is 12.8 Å². The first kappa shape index (κ1) is 15.0. The van der Waals surface area contributed by atoms with Gasteiger partial charge < -0.3 is 11.5 Å². The normalized spacial score (nSPS) is 12.8. The fraction of sp³-hybridized carbons (Fsp3) is 0.667. The van der Waals surface area contributed by atoms with E-state index in [2.05, 4.69) is 11.6 Å². The Morgan fingerprint density at radius 2 is 1.92 bits per heavy atom. The van der Waals surface area contributed by atoms with Gasteiger partial charge in [0.25, 0.3) is 0 Å². The summed E-state index contributed by atoms with van der Waals surface area (Å²) in [6.45, 7) is 3.88. The molecule has 1 amide bonds. The maximum Gasteiger partial charge on any atom is 0.245 e. The van der Waals surface area contributed by atoms with Crippen molar-refractivity contribution in [1.82, 2.24) is 0 Å². The largest absolute Gasteiger partial charge is 0.366 e. The van der Waals surface area contributed by atoms with Crippen LogP contribution in [0.5, 0.6) is 0 Å². The highest BCUT2D eigenvalue weighted by Gasteiger charge is 2.11. The van der Waals surface area contributed by atoms with Crippen LogP contribution < -0.4 is 11.5 Å². The van der Waals surface area contributed by atoms with Gasteiger partial charge >= 0.3 is 0 Å². The highest BCUT2D eigenvalue weighted by Crippen LogP contribution is 2.03.